The minimum atomic E-state index is -4.35. The number of aliphatic carboxylic acids is 1. The van der Waals surface area contributed by atoms with Crippen LogP contribution in [0.2, 0.25) is 0 Å². The van der Waals surface area contributed by atoms with Crippen molar-refractivity contribution in [2.45, 2.75) is 26.1 Å². The molecular formula is C15H18F3NO2. The maximum absolute atomic E-state index is 12.7. The van der Waals surface area contributed by atoms with E-state index in [1.54, 1.807) is 6.07 Å². The number of benzene rings is 1. The van der Waals surface area contributed by atoms with Crippen molar-refractivity contribution in [3.05, 3.63) is 35.4 Å². The second kappa shape index (κ2) is 6.05. The first kappa shape index (κ1) is 15.8. The summed E-state index contributed by atoms with van der Waals surface area (Å²) in [5.74, 6) is -1.05. The normalized spacial score (nSPS) is 24.0. The molecule has 116 valence electrons. The summed E-state index contributed by atoms with van der Waals surface area (Å²) in [4.78, 5) is 13.0. The first-order chi connectivity index (χ1) is 9.75. The summed E-state index contributed by atoms with van der Waals surface area (Å²) < 4.78 is 38.1. The van der Waals surface area contributed by atoms with Crippen molar-refractivity contribution in [1.29, 1.82) is 0 Å². The number of likely N-dealkylation sites (tertiary alicyclic amines) is 1. The highest BCUT2D eigenvalue weighted by Crippen LogP contribution is 2.30. The number of carbonyl (C=O) groups is 1. The number of hydrogen-bond acceptors (Lipinski definition) is 2. The summed E-state index contributed by atoms with van der Waals surface area (Å²) >= 11 is 0. The number of carboxylic acids is 1. The molecule has 0 bridgehead atoms. The van der Waals surface area contributed by atoms with E-state index in [0.29, 0.717) is 31.6 Å². The molecule has 1 aliphatic rings. The van der Waals surface area contributed by atoms with E-state index in [1.165, 1.54) is 6.07 Å². The largest absolute Gasteiger partial charge is 0.481 e. The van der Waals surface area contributed by atoms with Crippen LogP contribution in [0.3, 0.4) is 0 Å². The van der Waals surface area contributed by atoms with Gasteiger partial charge in [0, 0.05) is 19.6 Å². The van der Waals surface area contributed by atoms with Gasteiger partial charge in [0.05, 0.1) is 11.5 Å². The monoisotopic (exact) mass is 301 g/mol. The second-order valence-corrected chi connectivity index (χ2v) is 5.77. The molecule has 1 fully saturated rings. The van der Waals surface area contributed by atoms with Gasteiger partial charge in [-0.3, -0.25) is 9.69 Å². The summed E-state index contributed by atoms with van der Waals surface area (Å²) in [6.45, 7) is 3.40. The molecule has 1 heterocycles. The van der Waals surface area contributed by atoms with Crippen molar-refractivity contribution in [3.8, 4) is 0 Å². The van der Waals surface area contributed by atoms with Crippen LogP contribution in [0.1, 0.15) is 24.5 Å². The fraction of sp³-hybridized carbons (Fsp3) is 0.533. The molecule has 2 atom stereocenters. The molecule has 2 unspecified atom stereocenters. The molecule has 3 nitrogen and oxygen atoms in total. The Morgan fingerprint density at radius 3 is 2.71 bits per heavy atom. The van der Waals surface area contributed by atoms with Crippen molar-refractivity contribution < 1.29 is 23.1 Å². The Labute approximate surface area is 121 Å². The number of halogens is 3. The topological polar surface area (TPSA) is 40.5 Å². The molecule has 0 radical (unpaired) electrons. The quantitative estimate of drug-likeness (QED) is 0.931. The lowest BCUT2D eigenvalue weighted by Crippen LogP contribution is -2.41. The Balaban J connectivity index is 2.09. The van der Waals surface area contributed by atoms with E-state index in [4.69, 9.17) is 5.11 Å². The Bertz CT molecular complexity index is 516. The van der Waals surface area contributed by atoms with Crippen molar-refractivity contribution in [2.75, 3.05) is 13.1 Å². The Hall–Kier alpha value is -1.56. The third-order valence-corrected chi connectivity index (χ3v) is 3.75. The van der Waals surface area contributed by atoms with Crippen LogP contribution in [-0.4, -0.2) is 29.1 Å². The van der Waals surface area contributed by atoms with Crippen LogP contribution in [0.4, 0.5) is 13.2 Å². The molecule has 0 aliphatic carbocycles. The molecule has 1 aliphatic heterocycles. The highest BCUT2D eigenvalue weighted by molar-refractivity contribution is 5.70. The lowest BCUT2D eigenvalue weighted by atomic mass is 9.90. The van der Waals surface area contributed by atoms with Gasteiger partial charge < -0.3 is 5.11 Å². The van der Waals surface area contributed by atoms with Crippen molar-refractivity contribution in [1.82, 2.24) is 4.90 Å². The first-order valence-corrected chi connectivity index (χ1v) is 6.87. The summed E-state index contributed by atoms with van der Waals surface area (Å²) in [6, 6.07) is 5.21. The average molecular weight is 301 g/mol. The van der Waals surface area contributed by atoms with E-state index in [0.717, 1.165) is 12.1 Å². The van der Waals surface area contributed by atoms with Gasteiger partial charge in [-0.1, -0.05) is 25.1 Å². The summed E-state index contributed by atoms with van der Waals surface area (Å²) in [6.07, 6.45) is -3.73. The number of piperidine rings is 1. The van der Waals surface area contributed by atoms with Crippen LogP contribution in [0.25, 0.3) is 0 Å². The van der Waals surface area contributed by atoms with Gasteiger partial charge in [0.15, 0.2) is 0 Å². The highest BCUT2D eigenvalue weighted by Gasteiger charge is 2.32. The Kier molecular flexibility index (Phi) is 4.56. The van der Waals surface area contributed by atoms with Gasteiger partial charge in [0.25, 0.3) is 0 Å². The maximum Gasteiger partial charge on any atom is 0.416 e. The van der Waals surface area contributed by atoms with Crippen LogP contribution >= 0.6 is 0 Å². The molecular weight excluding hydrogens is 283 g/mol. The van der Waals surface area contributed by atoms with Gasteiger partial charge in [0.2, 0.25) is 0 Å². The summed E-state index contributed by atoms with van der Waals surface area (Å²) in [5, 5.41) is 9.12. The lowest BCUT2D eigenvalue weighted by molar-refractivity contribution is -0.144. The van der Waals surface area contributed by atoms with E-state index in [-0.39, 0.29) is 5.92 Å². The summed E-state index contributed by atoms with van der Waals surface area (Å²) in [5.41, 5.74) is -0.108. The first-order valence-electron chi connectivity index (χ1n) is 6.87. The third-order valence-electron chi connectivity index (χ3n) is 3.75. The molecule has 0 amide bonds. The molecule has 2 rings (SSSR count). The van der Waals surface area contributed by atoms with E-state index in [9.17, 15) is 18.0 Å². The van der Waals surface area contributed by atoms with Crippen molar-refractivity contribution in [3.63, 3.8) is 0 Å². The zero-order valence-electron chi connectivity index (χ0n) is 11.7. The van der Waals surface area contributed by atoms with E-state index < -0.39 is 23.6 Å². The molecule has 21 heavy (non-hydrogen) atoms. The van der Waals surface area contributed by atoms with Crippen LogP contribution in [0.5, 0.6) is 0 Å². The maximum atomic E-state index is 12.7. The molecule has 1 saturated heterocycles. The smallest absolute Gasteiger partial charge is 0.416 e. The third kappa shape index (κ3) is 4.20. The zero-order valence-corrected chi connectivity index (χ0v) is 11.7. The van der Waals surface area contributed by atoms with E-state index in [1.807, 2.05) is 11.8 Å². The SMILES string of the molecule is CC1CC(C(=O)O)CN(Cc2cccc(C(F)(F)F)c2)C1. The number of hydrogen-bond donors (Lipinski definition) is 1. The van der Waals surface area contributed by atoms with Gasteiger partial charge >= 0.3 is 12.1 Å². The van der Waals surface area contributed by atoms with Crippen LogP contribution in [-0.2, 0) is 17.5 Å². The number of alkyl halides is 3. The molecule has 1 aromatic rings. The molecule has 1 aromatic carbocycles. The zero-order chi connectivity index (χ0) is 15.6. The van der Waals surface area contributed by atoms with Crippen LogP contribution in [0.15, 0.2) is 24.3 Å². The standard InChI is InChI=1S/C15H18F3NO2/c1-10-5-12(14(20)21)9-19(7-10)8-11-3-2-4-13(6-11)15(16,17)18/h2-4,6,10,12H,5,7-9H2,1H3,(H,20,21). The predicted octanol–water partition coefficient (Wildman–Crippen LogP) is 3.25. The van der Waals surface area contributed by atoms with E-state index in [2.05, 4.69) is 0 Å². The minimum Gasteiger partial charge on any atom is -0.481 e. The molecule has 1 N–H and O–H groups in total. The Morgan fingerprint density at radius 2 is 2.10 bits per heavy atom. The molecule has 0 saturated carbocycles. The van der Waals surface area contributed by atoms with Crippen LogP contribution < -0.4 is 0 Å². The van der Waals surface area contributed by atoms with Crippen molar-refractivity contribution in [2.24, 2.45) is 11.8 Å². The highest BCUT2D eigenvalue weighted by atomic mass is 19.4. The van der Waals surface area contributed by atoms with Gasteiger partial charge in [-0.05, 0) is 24.0 Å². The van der Waals surface area contributed by atoms with Crippen LogP contribution in [0, 0.1) is 11.8 Å². The molecule has 0 aromatic heterocycles. The number of carboxylic acid groups (broad SMARTS) is 1. The summed E-state index contributed by atoms with van der Waals surface area (Å²) in [7, 11) is 0. The fourth-order valence-corrected chi connectivity index (χ4v) is 2.87. The van der Waals surface area contributed by atoms with E-state index >= 15 is 0 Å². The second-order valence-electron chi connectivity index (χ2n) is 5.77. The van der Waals surface area contributed by atoms with Gasteiger partial charge in [-0.25, -0.2) is 0 Å². The van der Waals surface area contributed by atoms with Gasteiger partial charge in [0.1, 0.15) is 0 Å². The minimum absolute atomic E-state index is 0.227. The van der Waals surface area contributed by atoms with Gasteiger partial charge in [-0.15, -0.1) is 0 Å². The fourth-order valence-electron chi connectivity index (χ4n) is 2.87. The number of rotatable bonds is 3. The molecule has 6 heteroatoms. The molecule has 0 spiro atoms. The van der Waals surface area contributed by atoms with Crippen molar-refractivity contribution >= 4 is 5.97 Å². The average Bonchev–Trinajstić information content (AvgIpc) is 2.37. The number of nitrogens with zero attached hydrogens (tertiary/aromatic N) is 1. The Morgan fingerprint density at radius 1 is 1.38 bits per heavy atom. The predicted molar refractivity (Wildman–Crippen MR) is 71.6 cm³/mol. The van der Waals surface area contributed by atoms with Gasteiger partial charge in [-0.2, -0.15) is 13.2 Å². The lowest BCUT2D eigenvalue weighted by Gasteiger charge is -2.34.